The van der Waals surface area contributed by atoms with Crippen molar-refractivity contribution in [2.75, 3.05) is 23.8 Å². The van der Waals surface area contributed by atoms with Gasteiger partial charge < -0.3 is 14.8 Å². The number of carbonyl (C=O) groups excluding carboxylic acids is 1. The van der Waals surface area contributed by atoms with Crippen LogP contribution in [0.3, 0.4) is 0 Å². The van der Waals surface area contributed by atoms with Crippen LogP contribution in [0.2, 0.25) is 0 Å². The van der Waals surface area contributed by atoms with Gasteiger partial charge in [0.15, 0.2) is 11.5 Å². The van der Waals surface area contributed by atoms with E-state index in [0.717, 1.165) is 21.7 Å². The zero-order valence-corrected chi connectivity index (χ0v) is 18.5. The zero-order valence-electron chi connectivity index (χ0n) is 17.7. The van der Waals surface area contributed by atoms with Crippen LogP contribution in [0, 0.1) is 6.92 Å². The predicted octanol–water partition coefficient (Wildman–Crippen LogP) is 3.19. The molecule has 0 saturated heterocycles. The Morgan fingerprint density at radius 3 is 2.33 bits per heavy atom. The third-order valence-electron chi connectivity index (χ3n) is 5.07. The van der Waals surface area contributed by atoms with E-state index in [-0.39, 0.29) is 11.9 Å². The number of anilines is 1. The molecule has 0 spiro atoms. The average Bonchev–Trinajstić information content (AvgIpc) is 2.71. The van der Waals surface area contributed by atoms with Crippen molar-refractivity contribution in [3.63, 3.8) is 0 Å². The number of amides is 1. The molecule has 162 valence electrons. The van der Waals surface area contributed by atoms with Crippen LogP contribution in [-0.2, 0) is 14.8 Å². The van der Waals surface area contributed by atoms with Crippen LogP contribution in [0.25, 0.3) is 0 Å². The Balaban J connectivity index is 1.85. The molecular weight excluding hydrogens is 404 g/mol. The van der Waals surface area contributed by atoms with Crippen molar-refractivity contribution >= 4 is 21.6 Å². The highest BCUT2D eigenvalue weighted by Gasteiger charge is 2.31. The summed E-state index contributed by atoms with van der Waals surface area (Å²) in [6.45, 7) is 6.39. The Kier molecular flexibility index (Phi) is 6.55. The van der Waals surface area contributed by atoms with Crippen molar-refractivity contribution in [3.05, 3.63) is 53.6 Å². The van der Waals surface area contributed by atoms with E-state index < -0.39 is 16.1 Å². The molecule has 2 atom stereocenters. The van der Waals surface area contributed by atoms with Crippen LogP contribution in [0.15, 0.2) is 42.5 Å². The molecule has 0 radical (unpaired) electrons. The van der Waals surface area contributed by atoms with E-state index in [1.165, 1.54) is 0 Å². The fourth-order valence-corrected chi connectivity index (χ4v) is 4.66. The molecule has 0 fully saturated rings. The molecule has 7 nitrogen and oxygen atoms in total. The molecule has 8 heteroatoms. The molecule has 0 aliphatic carbocycles. The predicted molar refractivity (Wildman–Crippen MR) is 117 cm³/mol. The normalized spacial score (nSPS) is 15.2. The van der Waals surface area contributed by atoms with Gasteiger partial charge in [0.25, 0.3) is 0 Å². The second-order valence-electron chi connectivity index (χ2n) is 7.44. The molecule has 0 unspecified atom stereocenters. The monoisotopic (exact) mass is 432 g/mol. The number of carbonyl (C=O) groups is 1. The maximum atomic E-state index is 13.0. The summed E-state index contributed by atoms with van der Waals surface area (Å²) in [6, 6.07) is 11.7. The first-order chi connectivity index (χ1) is 14.2. The summed E-state index contributed by atoms with van der Waals surface area (Å²) in [5, 5.41) is 2.99. The van der Waals surface area contributed by atoms with Gasteiger partial charge in [0.05, 0.1) is 18.0 Å². The van der Waals surface area contributed by atoms with Crippen LogP contribution >= 0.6 is 0 Å². The van der Waals surface area contributed by atoms with Crippen molar-refractivity contribution < 1.29 is 22.7 Å². The third kappa shape index (κ3) is 4.87. The molecule has 1 N–H and O–H groups in total. The van der Waals surface area contributed by atoms with E-state index >= 15 is 0 Å². The van der Waals surface area contributed by atoms with E-state index in [2.05, 4.69) is 5.32 Å². The minimum absolute atomic E-state index is 0.206. The van der Waals surface area contributed by atoms with Gasteiger partial charge in [0, 0.05) is 6.07 Å². The lowest BCUT2D eigenvalue weighted by molar-refractivity contribution is -0.122. The Labute approximate surface area is 178 Å². The Morgan fingerprint density at radius 1 is 1.10 bits per heavy atom. The molecule has 30 heavy (non-hydrogen) atoms. The Hall–Kier alpha value is -2.74. The summed E-state index contributed by atoms with van der Waals surface area (Å²) < 4.78 is 37.4. The largest absolute Gasteiger partial charge is 0.486 e. The van der Waals surface area contributed by atoms with Gasteiger partial charge >= 0.3 is 0 Å². The number of nitrogens with zero attached hydrogens (tertiary/aromatic N) is 1. The first kappa shape index (κ1) is 22.0. The molecule has 0 saturated carbocycles. The smallest absolute Gasteiger partial charge is 0.244 e. The molecule has 3 rings (SSSR count). The average molecular weight is 433 g/mol. The summed E-state index contributed by atoms with van der Waals surface area (Å²) in [6.07, 6.45) is 1.77. The quantitative estimate of drug-likeness (QED) is 0.726. The third-order valence-corrected chi connectivity index (χ3v) is 6.31. The Morgan fingerprint density at radius 2 is 1.73 bits per heavy atom. The van der Waals surface area contributed by atoms with Crippen molar-refractivity contribution in [2.24, 2.45) is 0 Å². The van der Waals surface area contributed by atoms with E-state index in [1.807, 2.05) is 38.1 Å². The molecule has 1 aliphatic heterocycles. The first-order valence-corrected chi connectivity index (χ1v) is 11.8. The number of fused-ring (bicyclic) bond motifs is 1. The van der Waals surface area contributed by atoms with Crippen LogP contribution < -0.4 is 19.1 Å². The van der Waals surface area contributed by atoms with Crippen LogP contribution in [0.4, 0.5) is 5.69 Å². The lowest BCUT2D eigenvalue weighted by atomic mass is 10.0. The van der Waals surface area contributed by atoms with Gasteiger partial charge in [-0.2, -0.15) is 0 Å². The van der Waals surface area contributed by atoms with Crippen LogP contribution in [0.5, 0.6) is 11.5 Å². The maximum absolute atomic E-state index is 13.0. The second-order valence-corrected chi connectivity index (χ2v) is 9.30. The topological polar surface area (TPSA) is 84.9 Å². The van der Waals surface area contributed by atoms with Gasteiger partial charge in [0.1, 0.15) is 19.3 Å². The molecule has 0 aromatic heterocycles. The minimum atomic E-state index is -3.73. The number of sulfonamides is 1. The number of nitrogens with one attached hydrogen (secondary N) is 1. The summed E-state index contributed by atoms with van der Waals surface area (Å²) in [4.78, 5) is 13.0. The SMILES string of the molecule is CC[C@H](NC(=O)[C@@H](C)N(c1ccc2c(c1)OCCO2)S(C)(=O)=O)c1ccc(C)cc1. The number of benzene rings is 2. The molecule has 1 heterocycles. The minimum Gasteiger partial charge on any atom is -0.486 e. The van der Waals surface area contributed by atoms with Crippen molar-refractivity contribution in [3.8, 4) is 11.5 Å². The summed E-state index contributed by atoms with van der Waals surface area (Å²) in [7, 11) is -3.73. The number of aryl methyl sites for hydroxylation is 1. The number of hydrogen-bond donors (Lipinski definition) is 1. The van der Waals surface area contributed by atoms with Gasteiger partial charge in [-0.05, 0) is 38.0 Å². The van der Waals surface area contributed by atoms with Gasteiger partial charge in [-0.25, -0.2) is 8.42 Å². The number of rotatable bonds is 7. The highest BCUT2D eigenvalue weighted by atomic mass is 32.2. The number of hydrogen-bond acceptors (Lipinski definition) is 5. The standard InChI is InChI=1S/C22H28N2O5S/c1-5-19(17-8-6-15(2)7-9-17)23-22(25)16(3)24(30(4,26)27)18-10-11-20-21(14-18)29-13-12-28-20/h6-11,14,16,19H,5,12-13H2,1-4H3,(H,23,25)/t16-,19+/m1/s1. The van der Waals surface area contributed by atoms with Gasteiger partial charge in [0.2, 0.25) is 15.9 Å². The molecule has 1 amide bonds. The van der Waals surface area contributed by atoms with E-state index in [4.69, 9.17) is 9.47 Å². The van der Waals surface area contributed by atoms with Crippen LogP contribution in [0.1, 0.15) is 37.4 Å². The number of ether oxygens (including phenoxy) is 2. The highest BCUT2D eigenvalue weighted by Crippen LogP contribution is 2.35. The Bertz CT molecular complexity index is 1000. The van der Waals surface area contributed by atoms with Gasteiger partial charge in [-0.1, -0.05) is 36.8 Å². The molecule has 2 aromatic rings. The molecule has 1 aliphatic rings. The fourth-order valence-electron chi connectivity index (χ4n) is 3.49. The molecule has 0 bridgehead atoms. The van der Waals surface area contributed by atoms with Gasteiger partial charge in [-0.15, -0.1) is 0 Å². The zero-order chi connectivity index (χ0) is 21.9. The van der Waals surface area contributed by atoms with Crippen LogP contribution in [-0.4, -0.2) is 39.8 Å². The summed E-state index contributed by atoms with van der Waals surface area (Å²) in [5.41, 5.74) is 2.47. The van der Waals surface area contributed by atoms with E-state index in [9.17, 15) is 13.2 Å². The lowest BCUT2D eigenvalue weighted by Crippen LogP contribution is -2.48. The van der Waals surface area contributed by atoms with Gasteiger partial charge in [-0.3, -0.25) is 9.10 Å². The van der Waals surface area contributed by atoms with Crippen molar-refractivity contribution in [1.82, 2.24) is 5.32 Å². The summed E-state index contributed by atoms with van der Waals surface area (Å²) >= 11 is 0. The molecule has 2 aromatic carbocycles. The van der Waals surface area contributed by atoms with Crippen molar-refractivity contribution in [1.29, 1.82) is 0 Å². The molecular formula is C22H28N2O5S. The first-order valence-electron chi connectivity index (χ1n) is 9.96. The maximum Gasteiger partial charge on any atom is 0.244 e. The second kappa shape index (κ2) is 8.95. The lowest BCUT2D eigenvalue weighted by Gasteiger charge is -2.30. The van der Waals surface area contributed by atoms with E-state index in [1.54, 1.807) is 25.1 Å². The fraction of sp³-hybridized carbons (Fsp3) is 0.409. The van der Waals surface area contributed by atoms with E-state index in [0.29, 0.717) is 36.8 Å². The highest BCUT2D eigenvalue weighted by molar-refractivity contribution is 7.92. The summed E-state index contributed by atoms with van der Waals surface area (Å²) in [5.74, 6) is 0.648. The van der Waals surface area contributed by atoms with Crippen molar-refractivity contribution in [2.45, 2.75) is 39.3 Å².